The van der Waals surface area contributed by atoms with Gasteiger partial charge in [0.25, 0.3) is 0 Å². The monoisotopic (exact) mass is 283 g/mol. The third-order valence-electron chi connectivity index (χ3n) is 3.40. The zero-order valence-electron chi connectivity index (χ0n) is 10.9. The topological polar surface area (TPSA) is 50.1 Å². The van der Waals surface area contributed by atoms with Crippen LogP contribution in [-0.2, 0) is 24.2 Å². The molecule has 1 aliphatic rings. The maximum absolute atomic E-state index is 12.0. The van der Waals surface area contributed by atoms with Gasteiger partial charge < -0.3 is 4.74 Å². The van der Waals surface area contributed by atoms with Gasteiger partial charge in [-0.2, -0.15) is 5.26 Å². The van der Waals surface area contributed by atoms with E-state index < -0.39 is 0 Å². The van der Waals surface area contributed by atoms with Crippen LogP contribution in [0.4, 0.5) is 0 Å². The number of aryl methyl sites for hydroxylation is 2. The molecular formula is C16H13NO2S. The number of carbonyl (C=O) groups is 1. The molecule has 0 unspecified atom stereocenters. The summed E-state index contributed by atoms with van der Waals surface area (Å²) < 4.78 is 5.31. The fourth-order valence-electron chi connectivity index (χ4n) is 2.33. The minimum Gasteiger partial charge on any atom is -0.457 e. The van der Waals surface area contributed by atoms with Gasteiger partial charge in [-0.3, -0.25) is 0 Å². The standard InChI is InChI=1S/C16H13NO2S/c17-9-11-4-6-12(7-5-11)10-19-16(18)15-8-13-2-1-3-14(13)20-15/h4-8H,1-3,10H2. The molecule has 0 radical (unpaired) electrons. The van der Waals surface area contributed by atoms with Crippen LogP contribution in [-0.4, -0.2) is 5.97 Å². The Morgan fingerprint density at radius 3 is 2.80 bits per heavy atom. The lowest BCUT2D eigenvalue weighted by atomic mass is 10.2. The molecule has 3 rings (SSSR count). The van der Waals surface area contributed by atoms with E-state index in [1.54, 1.807) is 35.6 Å². The van der Waals surface area contributed by atoms with Crippen LogP contribution < -0.4 is 0 Å². The number of carbonyl (C=O) groups excluding carboxylic acids is 1. The highest BCUT2D eigenvalue weighted by molar-refractivity contribution is 7.14. The quantitative estimate of drug-likeness (QED) is 0.810. The van der Waals surface area contributed by atoms with Gasteiger partial charge in [-0.1, -0.05) is 12.1 Å². The lowest BCUT2D eigenvalue weighted by molar-refractivity contribution is 0.0478. The Morgan fingerprint density at radius 1 is 1.30 bits per heavy atom. The molecule has 0 saturated carbocycles. The molecule has 4 heteroatoms. The smallest absolute Gasteiger partial charge is 0.348 e. The number of nitrogens with zero attached hydrogens (tertiary/aromatic N) is 1. The third-order valence-corrected chi connectivity index (χ3v) is 4.62. The number of benzene rings is 1. The van der Waals surface area contributed by atoms with Crippen LogP contribution >= 0.6 is 11.3 Å². The fraction of sp³-hybridized carbons (Fsp3) is 0.250. The van der Waals surface area contributed by atoms with Crippen molar-refractivity contribution in [3.05, 3.63) is 56.8 Å². The van der Waals surface area contributed by atoms with Gasteiger partial charge in [0.05, 0.1) is 11.6 Å². The summed E-state index contributed by atoms with van der Waals surface area (Å²) in [5.41, 5.74) is 2.80. The van der Waals surface area contributed by atoms with Crippen molar-refractivity contribution in [2.45, 2.75) is 25.9 Å². The Labute approximate surface area is 121 Å². The molecule has 3 nitrogen and oxygen atoms in total. The molecule has 0 fully saturated rings. The van der Waals surface area contributed by atoms with E-state index in [-0.39, 0.29) is 12.6 Å². The lowest BCUT2D eigenvalue weighted by Crippen LogP contribution is -2.03. The summed E-state index contributed by atoms with van der Waals surface area (Å²) in [4.78, 5) is 14.0. The molecule has 0 bridgehead atoms. The summed E-state index contributed by atoms with van der Waals surface area (Å²) in [5, 5.41) is 8.72. The first-order chi connectivity index (χ1) is 9.76. The molecule has 100 valence electrons. The predicted octanol–water partition coefficient (Wildman–Crippen LogP) is 3.47. The summed E-state index contributed by atoms with van der Waals surface area (Å²) in [5.74, 6) is -0.256. The molecular weight excluding hydrogens is 270 g/mol. The molecule has 2 aromatic rings. The van der Waals surface area contributed by atoms with Crippen molar-refractivity contribution in [2.24, 2.45) is 0 Å². The van der Waals surface area contributed by atoms with E-state index >= 15 is 0 Å². The van der Waals surface area contributed by atoms with Gasteiger partial charge >= 0.3 is 5.97 Å². The summed E-state index contributed by atoms with van der Waals surface area (Å²) in [7, 11) is 0. The number of hydrogen-bond acceptors (Lipinski definition) is 4. The third kappa shape index (κ3) is 2.59. The van der Waals surface area contributed by atoms with Crippen LogP contribution in [0, 0.1) is 11.3 Å². The number of esters is 1. The average Bonchev–Trinajstić information content (AvgIpc) is 3.06. The molecule has 1 aromatic carbocycles. The van der Waals surface area contributed by atoms with Crippen molar-refractivity contribution in [1.82, 2.24) is 0 Å². The molecule has 0 spiro atoms. The van der Waals surface area contributed by atoms with E-state index in [9.17, 15) is 4.79 Å². The summed E-state index contributed by atoms with van der Waals surface area (Å²) in [6.45, 7) is 0.243. The number of nitriles is 1. The first kappa shape index (κ1) is 12.9. The minimum atomic E-state index is -0.256. The van der Waals surface area contributed by atoms with Crippen molar-refractivity contribution in [3.63, 3.8) is 0 Å². The molecule has 20 heavy (non-hydrogen) atoms. The molecule has 0 aliphatic heterocycles. The molecule has 0 amide bonds. The van der Waals surface area contributed by atoms with Gasteiger partial charge in [0.15, 0.2) is 0 Å². The molecule has 1 aliphatic carbocycles. The molecule has 1 aromatic heterocycles. The van der Waals surface area contributed by atoms with E-state index in [0.29, 0.717) is 10.4 Å². The second-order valence-electron chi connectivity index (χ2n) is 4.80. The highest BCUT2D eigenvalue weighted by atomic mass is 32.1. The van der Waals surface area contributed by atoms with Crippen molar-refractivity contribution in [1.29, 1.82) is 5.26 Å². The zero-order valence-corrected chi connectivity index (χ0v) is 11.7. The van der Waals surface area contributed by atoms with Crippen LogP contribution in [0.5, 0.6) is 0 Å². The number of ether oxygens (including phenoxy) is 1. The maximum atomic E-state index is 12.0. The minimum absolute atomic E-state index is 0.243. The van der Waals surface area contributed by atoms with Gasteiger partial charge in [-0.05, 0) is 48.6 Å². The first-order valence-corrected chi connectivity index (χ1v) is 7.35. The second-order valence-corrected chi connectivity index (χ2v) is 5.93. The Balaban J connectivity index is 1.62. The van der Waals surface area contributed by atoms with Crippen LogP contribution in [0.15, 0.2) is 30.3 Å². The van der Waals surface area contributed by atoms with Gasteiger partial charge in [0.2, 0.25) is 0 Å². The number of thiophene rings is 1. The van der Waals surface area contributed by atoms with Crippen LogP contribution in [0.3, 0.4) is 0 Å². The van der Waals surface area contributed by atoms with E-state index in [1.807, 2.05) is 6.07 Å². The molecule has 0 atom stereocenters. The van der Waals surface area contributed by atoms with Crippen molar-refractivity contribution in [2.75, 3.05) is 0 Å². The zero-order chi connectivity index (χ0) is 13.9. The lowest BCUT2D eigenvalue weighted by Gasteiger charge is -2.03. The first-order valence-electron chi connectivity index (χ1n) is 6.54. The van der Waals surface area contributed by atoms with Gasteiger partial charge in [0, 0.05) is 4.88 Å². The number of fused-ring (bicyclic) bond motifs is 1. The van der Waals surface area contributed by atoms with Crippen molar-refractivity contribution < 1.29 is 9.53 Å². The van der Waals surface area contributed by atoms with Crippen molar-refractivity contribution in [3.8, 4) is 6.07 Å². The van der Waals surface area contributed by atoms with Crippen LogP contribution in [0.1, 0.15) is 37.7 Å². The van der Waals surface area contributed by atoms with E-state index in [0.717, 1.165) is 18.4 Å². The molecule has 0 saturated heterocycles. The normalized spacial score (nSPS) is 12.8. The maximum Gasteiger partial charge on any atom is 0.348 e. The Kier molecular flexibility index (Phi) is 3.53. The summed E-state index contributed by atoms with van der Waals surface area (Å²) in [6.07, 6.45) is 3.36. The highest BCUT2D eigenvalue weighted by Crippen LogP contribution is 2.31. The Bertz CT molecular complexity index is 658. The molecule has 1 heterocycles. The van der Waals surface area contributed by atoms with Gasteiger partial charge in [-0.25, -0.2) is 4.79 Å². The van der Waals surface area contributed by atoms with E-state index in [4.69, 9.17) is 10.00 Å². The predicted molar refractivity (Wildman–Crippen MR) is 76.6 cm³/mol. The van der Waals surface area contributed by atoms with Gasteiger partial charge in [0.1, 0.15) is 11.5 Å². The number of hydrogen-bond donors (Lipinski definition) is 0. The van der Waals surface area contributed by atoms with E-state index in [2.05, 4.69) is 6.07 Å². The Morgan fingerprint density at radius 2 is 2.10 bits per heavy atom. The SMILES string of the molecule is N#Cc1ccc(COC(=O)c2cc3c(s2)CCC3)cc1. The second kappa shape index (κ2) is 5.48. The van der Waals surface area contributed by atoms with Gasteiger partial charge in [-0.15, -0.1) is 11.3 Å². The van der Waals surface area contributed by atoms with E-state index in [1.165, 1.54) is 16.9 Å². The van der Waals surface area contributed by atoms with Crippen LogP contribution in [0.2, 0.25) is 0 Å². The summed E-state index contributed by atoms with van der Waals surface area (Å²) >= 11 is 1.55. The van der Waals surface area contributed by atoms with Crippen LogP contribution in [0.25, 0.3) is 0 Å². The fourth-order valence-corrected chi connectivity index (χ4v) is 3.47. The van der Waals surface area contributed by atoms with Crippen molar-refractivity contribution >= 4 is 17.3 Å². The average molecular weight is 283 g/mol. The highest BCUT2D eigenvalue weighted by Gasteiger charge is 2.19. The summed E-state index contributed by atoms with van der Waals surface area (Å²) in [6, 6.07) is 11.1. The Hall–Kier alpha value is -2.12. The number of rotatable bonds is 3. The largest absolute Gasteiger partial charge is 0.457 e. The molecule has 0 N–H and O–H groups in total.